The van der Waals surface area contributed by atoms with Crippen molar-refractivity contribution in [2.24, 2.45) is 5.92 Å². The highest BCUT2D eigenvalue weighted by atomic mass is 79.9. The van der Waals surface area contributed by atoms with E-state index in [4.69, 9.17) is 4.74 Å². The Kier molecular flexibility index (Phi) is 3.54. The van der Waals surface area contributed by atoms with E-state index in [1.54, 1.807) is 6.92 Å². The van der Waals surface area contributed by atoms with Crippen molar-refractivity contribution in [2.75, 3.05) is 6.61 Å². The second kappa shape index (κ2) is 4.78. The van der Waals surface area contributed by atoms with Gasteiger partial charge in [-0.25, -0.2) is 0 Å². The minimum atomic E-state index is -0.874. The van der Waals surface area contributed by atoms with E-state index in [1.807, 2.05) is 24.3 Å². The molecule has 1 aliphatic carbocycles. The molecule has 0 spiro atoms. The molecule has 1 N–H and O–H groups in total. The summed E-state index contributed by atoms with van der Waals surface area (Å²) in [4.78, 5) is 11.5. The van der Waals surface area contributed by atoms with Crippen LogP contribution in [0.5, 0.6) is 0 Å². The maximum absolute atomic E-state index is 11.5. The lowest BCUT2D eigenvalue weighted by molar-refractivity contribution is -0.165. The van der Waals surface area contributed by atoms with Gasteiger partial charge in [-0.15, -0.1) is 0 Å². The highest BCUT2D eigenvalue weighted by Gasteiger charge is 2.48. The van der Waals surface area contributed by atoms with Crippen molar-refractivity contribution in [3.63, 3.8) is 0 Å². The van der Waals surface area contributed by atoms with Gasteiger partial charge in [0.25, 0.3) is 0 Å². The quantitative estimate of drug-likeness (QED) is 0.873. The van der Waals surface area contributed by atoms with Gasteiger partial charge < -0.3 is 9.84 Å². The zero-order valence-corrected chi connectivity index (χ0v) is 11.2. The molecule has 0 aromatic heterocycles. The van der Waals surface area contributed by atoms with E-state index in [2.05, 4.69) is 15.9 Å². The molecule has 0 unspecified atom stereocenters. The molecule has 1 fully saturated rings. The fourth-order valence-corrected chi connectivity index (χ4v) is 2.60. The summed E-state index contributed by atoms with van der Waals surface area (Å²) in [5.74, 6) is -0.369. The van der Waals surface area contributed by atoms with E-state index in [0.29, 0.717) is 19.4 Å². The zero-order valence-electron chi connectivity index (χ0n) is 9.65. The van der Waals surface area contributed by atoms with Crippen LogP contribution < -0.4 is 0 Å². The van der Waals surface area contributed by atoms with Crippen LogP contribution in [0.4, 0.5) is 0 Å². The fraction of sp³-hybridized carbons (Fsp3) is 0.462. The number of halogens is 1. The van der Waals surface area contributed by atoms with Crippen molar-refractivity contribution in [3.8, 4) is 0 Å². The van der Waals surface area contributed by atoms with Gasteiger partial charge >= 0.3 is 5.97 Å². The van der Waals surface area contributed by atoms with Gasteiger partial charge in [-0.05, 0) is 37.5 Å². The SMILES string of the molecule is CCOC(=O)C1CC(O)(c2cccc(Br)c2)C1. The van der Waals surface area contributed by atoms with Crippen LogP contribution in [0.1, 0.15) is 25.3 Å². The van der Waals surface area contributed by atoms with Crippen molar-refractivity contribution in [1.29, 1.82) is 0 Å². The Morgan fingerprint density at radius 2 is 2.29 bits per heavy atom. The molecule has 2 rings (SSSR count). The van der Waals surface area contributed by atoms with E-state index in [1.165, 1.54) is 0 Å². The third-order valence-electron chi connectivity index (χ3n) is 3.15. The smallest absolute Gasteiger partial charge is 0.309 e. The van der Waals surface area contributed by atoms with Crippen molar-refractivity contribution in [3.05, 3.63) is 34.3 Å². The number of rotatable bonds is 3. The standard InChI is InChI=1S/C13H15BrO3/c1-2-17-12(15)9-7-13(16,8-9)10-4-3-5-11(14)6-10/h3-6,9,16H,2,7-8H2,1H3. The second-order valence-corrected chi connectivity index (χ2v) is 5.31. The maximum atomic E-state index is 11.5. The minimum absolute atomic E-state index is 0.168. The molecule has 0 aliphatic heterocycles. The first-order valence-corrected chi connectivity index (χ1v) is 6.49. The molecule has 0 radical (unpaired) electrons. The Labute approximate surface area is 109 Å². The Morgan fingerprint density at radius 3 is 2.88 bits per heavy atom. The molecule has 17 heavy (non-hydrogen) atoms. The van der Waals surface area contributed by atoms with E-state index in [-0.39, 0.29) is 11.9 Å². The predicted molar refractivity (Wildman–Crippen MR) is 67.4 cm³/mol. The summed E-state index contributed by atoms with van der Waals surface area (Å²) in [5.41, 5.74) is -0.0197. The third kappa shape index (κ3) is 2.53. The fourth-order valence-electron chi connectivity index (χ4n) is 2.20. The molecule has 3 nitrogen and oxygen atoms in total. The normalized spacial score (nSPS) is 27.4. The first-order valence-electron chi connectivity index (χ1n) is 5.70. The molecule has 4 heteroatoms. The second-order valence-electron chi connectivity index (χ2n) is 4.40. The zero-order chi connectivity index (χ0) is 12.5. The van der Waals surface area contributed by atoms with Crippen molar-refractivity contribution in [1.82, 2.24) is 0 Å². The number of esters is 1. The van der Waals surface area contributed by atoms with Gasteiger partial charge in [0, 0.05) is 4.47 Å². The summed E-state index contributed by atoms with van der Waals surface area (Å²) in [6.45, 7) is 2.18. The van der Waals surface area contributed by atoms with Crippen LogP contribution in [-0.4, -0.2) is 17.7 Å². The van der Waals surface area contributed by atoms with E-state index in [0.717, 1.165) is 10.0 Å². The van der Waals surface area contributed by atoms with Gasteiger partial charge in [-0.2, -0.15) is 0 Å². The first-order chi connectivity index (χ1) is 8.05. The monoisotopic (exact) mass is 298 g/mol. The molecular weight excluding hydrogens is 284 g/mol. The van der Waals surface area contributed by atoms with Gasteiger partial charge in [0.05, 0.1) is 18.1 Å². The third-order valence-corrected chi connectivity index (χ3v) is 3.64. The van der Waals surface area contributed by atoms with Gasteiger partial charge in [0.15, 0.2) is 0 Å². The molecule has 92 valence electrons. The summed E-state index contributed by atoms with van der Waals surface area (Å²) < 4.78 is 5.87. The number of aliphatic hydroxyl groups is 1. The van der Waals surface area contributed by atoms with Crippen LogP contribution in [0.25, 0.3) is 0 Å². The molecule has 1 aromatic carbocycles. The van der Waals surface area contributed by atoms with Gasteiger partial charge in [0.2, 0.25) is 0 Å². The van der Waals surface area contributed by atoms with Gasteiger partial charge in [0.1, 0.15) is 0 Å². The molecule has 1 aromatic rings. The van der Waals surface area contributed by atoms with Crippen LogP contribution >= 0.6 is 15.9 Å². The summed E-state index contributed by atoms with van der Waals surface area (Å²) in [7, 11) is 0. The number of hydrogen-bond acceptors (Lipinski definition) is 3. The highest BCUT2D eigenvalue weighted by molar-refractivity contribution is 9.10. The first kappa shape index (κ1) is 12.6. The average molecular weight is 299 g/mol. The molecule has 0 saturated heterocycles. The Hall–Kier alpha value is -0.870. The molecule has 0 heterocycles. The van der Waals surface area contributed by atoms with Crippen molar-refractivity contribution >= 4 is 21.9 Å². The van der Waals surface area contributed by atoms with E-state index < -0.39 is 5.60 Å². The summed E-state index contributed by atoms with van der Waals surface area (Å²) in [6, 6.07) is 7.57. The lowest BCUT2D eigenvalue weighted by Gasteiger charge is -2.42. The van der Waals surface area contributed by atoms with E-state index >= 15 is 0 Å². The van der Waals surface area contributed by atoms with Crippen molar-refractivity contribution in [2.45, 2.75) is 25.4 Å². The average Bonchev–Trinajstić information content (AvgIpc) is 2.25. The van der Waals surface area contributed by atoms with Crippen LogP contribution in [-0.2, 0) is 15.1 Å². The molecule has 1 saturated carbocycles. The van der Waals surface area contributed by atoms with Crippen LogP contribution in [0.3, 0.4) is 0 Å². The molecule has 0 amide bonds. The summed E-state index contributed by atoms with van der Waals surface area (Å²) in [6.07, 6.45) is 0.893. The summed E-state index contributed by atoms with van der Waals surface area (Å²) >= 11 is 3.37. The van der Waals surface area contributed by atoms with Crippen LogP contribution in [0.15, 0.2) is 28.7 Å². The lowest BCUT2D eigenvalue weighted by Crippen LogP contribution is -2.45. The molecule has 0 bridgehead atoms. The number of carbonyl (C=O) groups excluding carboxylic acids is 1. The number of carbonyl (C=O) groups is 1. The predicted octanol–water partition coefficient (Wildman–Crippen LogP) is 2.61. The topological polar surface area (TPSA) is 46.5 Å². The molecule has 1 aliphatic rings. The largest absolute Gasteiger partial charge is 0.466 e. The Morgan fingerprint density at radius 1 is 1.59 bits per heavy atom. The lowest BCUT2D eigenvalue weighted by atomic mass is 9.67. The Bertz CT molecular complexity index is 424. The highest BCUT2D eigenvalue weighted by Crippen LogP contribution is 2.46. The summed E-state index contributed by atoms with van der Waals surface area (Å²) in [5, 5.41) is 10.4. The van der Waals surface area contributed by atoms with E-state index in [9.17, 15) is 9.90 Å². The van der Waals surface area contributed by atoms with Gasteiger partial charge in [-0.3, -0.25) is 4.79 Å². The minimum Gasteiger partial charge on any atom is -0.466 e. The van der Waals surface area contributed by atoms with Crippen LogP contribution in [0, 0.1) is 5.92 Å². The number of ether oxygens (including phenoxy) is 1. The molecule has 0 atom stereocenters. The van der Waals surface area contributed by atoms with Gasteiger partial charge in [-0.1, -0.05) is 28.1 Å². The Balaban J connectivity index is 2.03. The maximum Gasteiger partial charge on any atom is 0.309 e. The van der Waals surface area contributed by atoms with Crippen LogP contribution in [0.2, 0.25) is 0 Å². The van der Waals surface area contributed by atoms with Crippen molar-refractivity contribution < 1.29 is 14.6 Å². The molecular formula is C13H15BrO3. The number of hydrogen-bond donors (Lipinski definition) is 1. The number of benzene rings is 1.